The molecule has 0 radical (unpaired) electrons. The van der Waals surface area contributed by atoms with Crippen LogP contribution in [-0.2, 0) is 22.6 Å². The average Bonchev–Trinajstić information content (AvgIpc) is 3.09. The molecule has 8 heteroatoms. The van der Waals surface area contributed by atoms with Crippen molar-refractivity contribution in [1.29, 1.82) is 0 Å². The summed E-state index contributed by atoms with van der Waals surface area (Å²) in [5, 5.41) is 6.73. The molecule has 1 aliphatic heterocycles. The van der Waals surface area contributed by atoms with Gasteiger partial charge in [-0.05, 0) is 18.1 Å². The van der Waals surface area contributed by atoms with Crippen LogP contribution in [0.15, 0.2) is 28.8 Å². The number of hydrogen-bond donors (Lipinski definition) is 1. The van der Waals surface area contributed by atoms with Crippen LogP contribution in [0.5, 0.6) is 0 Å². The summed E-state index contributed by atoms with van der Waals surface area (Å²) in [6.07, 6.45) is 0.669. The molecule has 150 valence electrons. The molecular weight excluding hydrogens is 358 g/mol. The highest BCUT2D eigenvalue weighted by Crippen LogP contribution is 2.17. The Labute approximate surface area is 164 Å². The molecule has 1 atom stereocenters. The van der Waals surface area contributed by atoms with Gasteiger partial charge in [-0.1, -0.05) is 29.4 Å². The molecule has 2 amide bonds. The quantitative estimate of drug-likeness (QED) is 0.767. The second-order valence-electron chi connectivity index (χ2n) is 7.20. The van der Waals surface area contributed by atoms with Gasteiger partial charge >= 0.3 is 0 Å². The SMILES string of the molecule is Cc1nc(CCN(C)C(=O)C[C@H]2C(=O)NCCN2Cc2ccccc2C)no1. The van der Waals surface area contributed by atoms with Gasteiger partial charge in [0.1, 0.15) is 0 Å². The second-order valence-corrected chi connectivity index (χ2v) is 7.20. The number of carbonyl (C=O) groups is 2. The van der Waals surface area contributed by atoms with Gasteiger partial charge in [0, 0.05) is 46.6 Å². The number of hydrogen-bond acceptors (Lipinski definition) is 6. The van der Waals surface area contributed by atoms with Gasteiger partial charge in [0.05, 0.1) is 12.5 Å². The van der Waals surface area contributed by atoms with Crippen LogP contribution < -0.4 is 5.32 Å². The zero-order valence-electron chi connectivity index (χ0n) is 16.6. The molecule has 1 aliphatic rings. The van der Waals surface area contributed by atoms with Crippen molar-refractivity contribution in [2.45, 2.75) is 39.3 Å². The van der Waals surface area contributed by atoms with E-state index in [0.29, 0.717) is 37.8 Å². The Hall–Kier alpha value is -2.74. The third kappa shape index (κ3) is 4.95. The molecule has 0 spiro atoms. The normalized spacial score (nSPS) is 17.4. The van der Waals surface area contributed by atoms with Gasteiger partial charge in [-0.25, -0.2) is 0 Å². The summed E-state index contributed by atoms with van der Waals surface area (Å²) in [4.78, 5) is 33.0. The van der Waals surface area contributed by atoms with Gasteiger partial charge in [-0.15, -0.1) is 0 Å². The first-order chi connectivity index (χ1) is 13.4. The van der Waals surface area contributed by atoms with E-state index in [1.165, 1.54) is 11.1 Å². The number of amides is 2. The summed E-state index contributed by atoms with van der Waals surface area (Å²) in [6, 6.07) is 7.67. The monoisotopic (exact) mass is 385 g/mol. The fourth-order valence-corrected chi connectivity index (χ4v) is 3.34. The first-order valence-electron chi connectivity index (χ1n) is 9.53. The molecule has 1 aromatic heterocycles. The number of likely N-dealkylation sites (N-methyl/N-ethyl adjacent to an activating group) is 1. The molecule has 0 bridgehead atoms. The summed E-state index contributed by atoms with van der Waals surface area (Å²) in [5.74, 6) is 0.927. The maximum absolute atomic E-state index is 12.7. The van der Waals surface area contributed by atoms with Gasteiger partial charge in [0.15, 0.2) is 5.82 Å². The number of carbonyl (C=O) groups excluding carboxylic acids is 2. The zero-order chi connectivity index (χ0) is 20.1. The minimum atomic E-state index is -0.462. The Bertz CT molecular complexity index is 835. The number of benzene rings is 1. The van der Waals surface area contributed by atoms with E-state index in [0.717, 1.165) is 6.54 Å². The molecule has 1 aromatic carbocycles. The van der Waals surface area contributed by atoms with Crippen LogP contribution in [0.2, 0.25) is 0 Å². The van der Waals surface area contributed by atoms with E-state index in [2.05, 4.69) is 39.4 Å². The fourth-order valence-electron chi connectivity index (χ4n) is 3.34. The highest BCUT2D eigenvalue weighted by atomic mass is 16.5. The number of aromatic nitrogens is 2. The van der Waals surface area contributed by atoms with E-state index in [4.69, 9.17) is 4.52 Å². The summed E-state index contributed by atoms with van der Waals surface area (Å²) >= 11 is 0. The Morgan fingerprint density at radius 1 is 1.36 bits per heavy atom. The zero-order valence-corrected chi connectivity index (χ0v) is 16.6. The van der Waals surface area contributed by atoms with Gasteiger partial charge < -0.3 is 14.7 Å². The Balaban J connectivity index is 1.60. The summed E-state index contributed by atoms with van der Waals surface area (Å²) < 4.78 is 4.95. The van der Waals surface area contributed by atoms with Gasteiger partial charge in [0.2, 0.25) is 17.7 Å². The molecule has 3 rings (SSSR count). The average molecular weight is 385 g/mol. The van der Waals surface area contributed by atoms with Crippen molar-refractivity contribution in [2.24, 2.45) is 0 Å². The van der Waals surface area contributed by atoms with E-state index in [1.54, 1.807) is 18.9 Å². The van der Waals surface area contributed by atoms with Crippen molar-refractivity contribution in [2.75, 3.05) is 26.7 Å². The molecule has 2 aromatic rings. The van der Waals surface area contributed by atoms with Crippen LogP contribution in [0.3, 0.4) is 0 Å². The molecule has 1 saturated heterocycles. The van der Waals surface area contributed by atoms with Crippen molar-refractivity contribution in [3.8, 4) is 0 Å². The highest BCUT2D eigenvalue weighted by molar-refractivity contribution is 5.88. The van der Waals surface area contributed by atoms with Crippen LogP contribution in [0.25, 0.3) is 0 Å². The standard InChI is InChI=1S/C20H27N5O3/c1-14-6-4-5-7-16(14)13-25-11-9-21-20(27)17(25)12-19(26)24(3)10-8-18-22-15(2)28-23-18/h4-7,17H,8-13H2,1-3H3,(H,21,27)/t17-/m0/s1. The Morgan fingerprint density at radius 3 is 2.86 bits per heavy atom. The van der Waals surface area contributed by atoms with Crippen molar-refractivity contribution in [3.63, 3.8) is 0 Å². The molecule has 28 heavy (non-hydrogen) atoms. The van der Waals surface area contributed by atoms with Gasteiger partial charge in [-0.3, -0.25) is 14.5 Å². The molecule has 0 unspecified atom stereocenters. The minimum Gasteiger partial charge on any atom is -0.353 e. The van der Waals surface area contributed by atoms with Gasteiger partial charge in [0.25, 0.3) is 0 Å². The minimum absolute atomic E-state index is 0.0722. The maximum Gasteiger partial charge on any atom is 0.237 e. The van der Waals surface area contributed by atoms with Crippen LogP contribution in [0.4, 0.5) is 0 Å². The number of aryl methyl sites for hydroxylation is 2. The van der Waals surface area contributed by atoms with Crippen LogP contribution >= 0.6 is 0 Å². The topological polar surface area (TPSA) is 91.6 Å². The molecule has 1 fully saturated rings. The molecule has 0 aliphatic carbocycles. The van der Waals surface area contributed by atoms with Gasteiger partial charge in [-0.2, -0.15) is 4.98 Å². The lowest BCUT2D eigenvalue weighted by Crippen LogP contribution is -2.56. The Kier molecular flexibility index (Phi) is 6.41. The summed E-state index contributed by atoms with van der Waals surface area (Å²) in [5.41, 5.74) is 2.36. The number of nitrogens with zero attached hydrogens (tertiary/aromatic N) is 4. The molecule has 8 nitrogen and oxygen atoms in total. The first-order valence-corrected chi connectivity index (χ1v) is 9.53. The second kappa shape index (κ2) is 8.97. The summed E-state index contributed by atoms with van der Waals surface area (Å²) in [6.45, 7) is 6.25. The molecular formula is C20H27N5O3. The third-order valence-electron chi connectivity index (χ3n) is 5.11. The van der Waals surface area contributed by atoms with Crippen molar-refractivity contribution in [1.82, 2.24) is 25.3 Å². The molecule has 1 N–H and O–H groups in total. The predicted octanol–water partition coefficient (Wildman–Crippen LogP) is 1.08. The molecule has 2 heterocycles. The fraction of sp³-hybridized carbons (Fsp3) is 0.500. The lowest BCUT2D eigenvalue weighted by atomic mass is 10.0. The van der Waals surface area contributed by atoms with Crippen molar-refractivity contribution >= 4 is 11.8 Å². The molecule has 0 saturated carbocycles. The smallest absolute Gasteiger partial charge is 0.237 e. The predicted molar refractivity (Wildman–Crippen MR) is 103 cm³/mol. The Morgan fingerprint density at radius 2 is 2.14 bits per heavy atom. The lowest BCUT2D eigenvalue weighted by molar-refractivity contribution is -0.138. The number of nitrogens with one attached hydrogen (secondary N) is 1. The van der Waals surface area contributed by atoms with Crippen molar-refractivity contribution in [3.05, 3.63) is 47.1 Å². The van der Waals surface area contributed by atoms with Crippen molar-refractivity contribution < 1.29 is 14.1 Å². The number of piperazine rings is 1. The first kappa shape index (κ1) is 20.0. The summed E-state index contributed by atoms with van der Waals surface area (Å²) in [7, 11) is 1.74. The number of rotatable bonds is 7. The highest BCUT2D eigenvalue weighted by Gasteiger charge is 2.32. The van der Waals surface area contributed by atoms with Crippen LogP contribution in [0.1, 0.15) is 29.3 Å². The lowest BCUT2D eigenvalue weighted by Gasteiger charge is -2.35. The van der Waals surface area contributed by atoms with E-state index in [-0.39, 0.29) is 18.2 Å². The van der Waals surface area contributed by atoms with E-state index in [9.17, 15) is 9.59 Å². The van der Waals surface area contributed by atoms with Crippen LogP contribution in [-0.4, -0.2) is 64.5 Å². The largest absolute Gasteiger partial charge is 0.353 e. The van der Waals surface area contributed by atoms with Crippen LogP contribution in [0, 0.1) is 13.8 Å². The van der Waals surface area contributed by atoms with E-state index >= 15 is 0 Å². The van der Waals surface area contributed by atoms with E-state index < -0.39 is 6.04 Å². The third-order valence-corrected chi connectivity index (χ3v) is 5.11. The van der Waals surface area contributed by atoms with E-state index in [1.807, 2.05) is 12.1 Å². The maximum atomic E-state index is 12.7.